The van der Waals surface area contributed by atoms with Crippen molar-refractivity contribution in [3.63, 3.8) is 0 Å². The minimum absolute atomic E-state index is 0.0549. The highest BCUT2D eigenvalue weighted by Gasteiger charge is 2.33. The van der Waals surface area contributed by atoms with Crippen LogP contribution in [0.3, 0.4) is 0 Å². The molecular formula is C25H27N9O4S. The number of fused-ring (bicyclic) bond motifs is 1. The number of nitriles is 1. The zero-order chi connectivity index (χ0) is 27.7. The van der Waals surface area contributed by atoms with Crippen molar-refractivity contribution < 1.29 is 17.9 Å². The van der Waals surface area contributed by atoms with Crippen LogP contribution in [0.15, 0.2) is 36.7 Å². The second kappa shape index (κ2) is 10.3. The minimum Gasteiger partial charge on any atom is -0.494 e. The maximum atomic E-state index is 13.6. The van der Waals surface area contributed by atoms with Gasteiger partial charge in [0.2, 0.25) is 16.0 Å². The lowest BCUT2D eigenvalue weighted by atomic mass is 10.1. The molecular weight excluding hydrogens is 522 g/mol. The second-order valence-electron chi connectivity index (χ2n) is 9.12. The number of methoxy groups -OCH3 is 2. The third kappa shape index (κ3) is 4.76. The quantitative estimate of drug-likeness (QED) is 0.328. The van der Waals surface area contributed by atoms with Gasteiger partial charge in [-0.1, -0.05) is 13.0 Å². The van der Waals surface area contributed by atoms with Gasteiger partial charge in [-0.15, -0.1) is 10.2 Å². The number of ether oxygens (including phenoxy) is 2. The molecule has 4 heterocycles. The van der Waals surface area contributed by atoms with E-state index in [1.165, 1.54) is 26.6 Å². The normalized spacial score (nSPS) is 14.3. The van der Waals surface area contributed by atoms with Crippen LogP contribution in [0.4, 0.5) is 5.95 Å². The molecule has 39 heavy (non-hydrogen) atoms. The van der Waals surface area contributed by atoms with Gasteiger partial charge in [-0.3, -0.25) is 14.0 Å². The van der Waals surface area contributed by atoms with Gasteiger partial charge in [0.05, 0.1) is 25.0 Å². The zero-order valence-corrected chi connectivity index (χ0v) is 22.7. The predicted molar refractivity (Wildman–Crippen MR) is 141 cm³/mol. The van der Waals surface area contributed by atoms with E-state index in [2.05, 4.69) is 30.0 Å². The molecule has 1 aromatic carbocycles. The Hall–Kier alpha value is -4.51. The third-order valence-corrected chi connectivity index (χ3v) is 8.67. The minimum atomic E-state index is -4.04. The van der Waals surface area contributed by atoms with Gasteiger partial charge in [-0.25, -0.2) is 18.4 Å². The number of nitrogens with one attached hydrogen (secondary N) is 1. The topological polar surface area (TPSA) is 163 Å². The summed E-state index contributed by atoms with van der Waals surface area (Å²) in [6.45, 7) is 4.06. The van der Waals surface area contributed by atoms with E-state index in [1.54, 1.807) is 36.6 Å². The van der Waals surface area contributed by atoms with Crippen molar-refractivity contribution >= 4 is 16.0 Å². The van der Waals surface area contributed by atoms with E-state index < -0.39 is 21.2 Å². The lowest BCUT2D eigenvalue weighted by Gasteiger charge is -2.21. The average Bonchev–Trinajstić information content (AvgIpc) is 3.66. The third-order valence-electron chi connectivity index (χ3n) is 6.82. The molecule has 0 radical (unpaired) electrons. The Kier molecular flexibility index (Phi) is 6.92. The molecule has 0 saturated heterocycles. The molecule has 0 fully saturated rings. The van der Waals surface area contributed by atoms with Crippen LogP contribution in [-0.4, -0.2) is 62.4 Å². The number of aromatic nitrogens is 7. The Labute approximate surface area is 225 Å². The number of aryl methyl sites for hydroxylation is 2. The van der Waals surface area contributed by atoms with Gasteiger partial charge >= 0.3 is 0 Å². The molecule has 0 aliphatic carbocycles. The maximum absolute atomic E-state index is 13.6. The summed E-state index contributed by atoms with van der Waals surface area (Å²) in [6, 6.07) is 9.12. The van der Waals surface area contributed by atoms with E-state index in [0.29, 0.717) is 34.5 Å². The number of benzene rings is 1. The molecule has 4 aromatic rings. The van der Waals surface area contributed by atoms with Crippen molar-refractivity contribution in [1.82, 2.24) is 34.5 Å². The predicted octanol–water partition coefficient (Wildman–Crippen LogP) is 2.69. The Morgan fingerprint density at radius 2 is 1.79 bits per heavy atom. The first kappa shape index (κ1) is 26.1. The molecule has 1 aliphatic rings. The van der Waals surface area contributed by atoms with Crippen molar-refractivity contribution in [1.29, 1.82) is 5.26 Å². The summed E-state index contributed by atoms with van der Waals surface area (Å²) < 4.78 is 44.5. The highest BCUT2D eigenvalue weighted by Crippen LogP contribution is 2.38. The van der Waals surface area contributed by atoms with E-state index in [4.69, 9.17) is 14.7 Å². The first-order chi connectivity index (χ1) is 18.8. The van der Waals surface area contributed by atoms with Crippen molar-refractivity contribution in [2.45, 2.75) is 44.4 Å². The number of rotatable bonds is 9. The number of para-hydroxylation sites is 1. The average molecular weight is 550 g/mol. The van der Waals surface area contributed by atoms with Gasteiger partial charge in [-0.05, 0) is 38.0 Å². The Morgan fingerprint density at radius 1 is 1.10 bits per heavy atom. The van der Waals surface area contributed by atoms with Gasteiger partial charge in [-0.2, -0.15) is 10.4 Å². The summed E-state index contributed by atoms with van der Waals surface area (Å²) in [5.41, 5.74) is 2.32. The summed E-state index contributed by atoms with van der Waals surface area (Å²) in [5, 5.41) is 21.3. The first-order valence-corrected chi connectivity index (χ1v) is 13.8. The van der Waals surface area contributed by atoms with Crippen LogP contribution in [-0.2, 0) is 23.0 Å². The van der Waals surface area contributed by atoms with E-state index in [9.17, 15) is 8.42 Å². The lowest BCUT2D eigenvalue weighted by molar-refractivity contribution is 0.391. The maximum Gasteiger partial charge on any atom is 0.243 e. The Bertz CT molecular complexity index is 1610. The fourth-order valence-corrected chi connectivity index (χ4v) is 5.71. The summed E-state index contributed by atoms with van der Waals surface area (Å²) in [7, 11) is -1.01. The van der Waals surface area contributed by atoms with Crippen LogP contribution < -0.4 is 14.2 Å². The zero-order valence-electron chi connectivity index (χ0n) is 21.9. The highest BCUT2D eigenvalue weighted by molar-refractivity contribution is 7.93. The van der Waals surface area contributed by atoms with E-state index in [-0.39, 0.29) is 11.5 Å². The molecule has 14 heteroatoms. The molecule has 5 rings (SSSR count). The molecule has 1 aliphatic heterocycles. The molecule has 13 nitrogen and oxygen atoms in total. The monoisotopic (exact) mass is 549 g/mol. The number of sulfonamides is 1. The van der Waals surface area contributed by atoms with Crippen LogP contribution in [0.25, 0.3) is 17.2 Å². The van der Waals surface area contributed by atoms with E-state index in [1.807, 2.05) is 16.8 Å². The fourth-order valence-electron chi connectivity index (χ4n) is 4.48. The Balaban J connectivity index is 1.58. The van der Waals surface area contributed by atoms with E-state index in [0.717, 1.165) is 25.1 Å². The highest BCUT2D eigenvalue weighted by atomic mass is 32.2. The fraction of sp³-hybridized carbons (Fsp3) is 0.360. The van der Waals surface area contributed by atoms with E-state index >= 15 is 0 Å². The molecule has 2 unspecified atom stereocenters. The van der Waals surface area contributed by atoms with Gasteiger partial charge in [0.15, 0.2) is 5.82 Å². The van der Waals surface area contributed by atoms with Crippen molar-refractivity contribution in [2.24, 2.45) is 0 Å². The largest absolute Gasteiger partial charge is 0.494 e. The molecule has 0 spiro atoms. The number of nitrogens with zero attached hydrogens (tertiary/aromatic N) is 8. The number of hydrogen-bond acceptors (Lipinski definition) is 10. The number of anilines is 1. The van der Waals surface area contributed by atoms with Gasteiger partial charge in [0.25, 0.3) is 0 Å². The molecule has 202 valence electrons. The standard InChI is InChI=1S/C25H27N9O4S/c1-15(23-27-13-17(12-26)14-28-23)16(2)39(35,36)32-25-30-29-24(19-11-18-7-6-10-33(18)31-19)34(25)22-20(37-3)8-5-9-21(22)38-4/h5,8-9,11,13-16H,6-7,10H2,1-4H3,(H,30,32). The molecule has 0 amide bonds. The molecule has 3 aromatic heterocycles. The van der Waals surface area contributed by atoms with Crippen LogP contribution in [0.1, 0.15) is 43.3 Å². The van der Waals surface area contributed by atoms with Crippen LogP contribution in [0, 0.1) is 11.3 Å². The molecule has 0 saturated carbocycles. The molecule has 0 bridgehead atoms. The second-order valence-corrected chi connectivity index (χ2v) is 11.2. The van der Waals surface area contributed by atoms with Crippen molar-refractivity contribution in [3.8, 4) is 34.8 Å². The molecule has 2 atom stereocenters. The van der Waals surface area contributed by atoms with Crippen LogP contribution in [0.2, 0.25) is 0 Å². The lowest BCUT2D eigenvalue weighted by Crippen LogP contribution is -2.31. The SMILES string of the molecule is COc1cccc(OC)c1-n1c(NS(=O)(=O)C(C)C(C)c2ncc(C#N)cn2)nnc1-c1cc2n(n1)CCC2. The van der Waals surface area contributed by atoms with Crippen molar-refractivity contribution in [3.05, 3.63) is 53.7 Å². The smallest absolute Gasteiger partial charge is 0.243 e. The summed E-state index contributed by atoms with van der Waals surface area (Å²) in [5.74, 6) is 0.829. The van der Waals surface area contributed by atoms with Gasteiger partial charge in [0, 0.05) is 30.6 Å². The van der Waals surface area contributed by atoms with Crippen LogP contribution in [0.5, 0.6) is 11.5 Å². The number of hydrogen-bond donors (Lipinski definition) is 1. The van der Waals surface area contributed by atoms with Crippen LogP contribution >= 0.6 is 0 Å². The molecule has 1 N–H and O–H groups in total. The summed E-state index contributed by atoms with van der Waals surface area (Å²) in [6.07, 6.45) is 4.64. The summed E-state index contributed by atoms with van der Waals surface area (Å²) >= 11 is 0. The van der Waals surface area contributed by atoms with Crippen molar-refractivity contribution in [2.75, 3.05) is 18.9 Å². The first-order valence-electron chi connectivity index (χ1n) is 12.2. The Morgan fingerprint density at radius 3 is 2.41 bits per heavy atom. The summed E-state index contributed by atoms with van der Waals surface area (Å²) in [4.78, 5) is 8.33. The van der Waals surface area contributed by atoms with Gasteiger partial charge < -0.3 is 9.47 Å². The van der Waals surface area contributed by atoms with Gasteiger partial charge in [0.1, 0.15) is 34.8 Å².